The van der Waals surface area contributed by atoms with E-state index >= 15 is 0 Å². The molecule has 3 nitrogen and oxygen atoms in total. The van der Waals surface area contributed by atoms with Gasteiger partial charge in [0.05, 0.1) is 20.1 Å². The lowest BCUT2D eigenvalue weighted by atomic mass is 9.57. The molecule has 1 aromatic carbocycles. The number of ether oxygens (including phenoxy) is 2. The molecule has 0 saturated heterocycles. The minimum atomic E-state index is -0.0698. The van der Waals surface area contributed by atoms with Gasteiger partial charge in [0.25, 0.3) is 0 Å². The SMILES string of the molecule is CCOC(=O)C[C@H]1c2ccc(OC)cc2C2CC1C2. The molecule has 1 aromatic rings. The molecular weight excluding hydrogens is 240 g/mol. The summed E-state index contributed by atoms with van der Waals surface area (Å²) in [5.74, 6) is 2.52. The second-order valence-electron chi connectivity index (χ2n) is 5.54. The zero-order valence-electron chi connectivity index (χ0n) is 11.5. The third kappa shape index (κ3) is 2.11. The Morgan fingerprint density at radius 3 is 2.79 bits per heavy atom. The molecule has 3 aliphatic carbocycles. The van der Waals surface area contributed by atoms with Gasteiger partial charge in [-0.15, -0.1) is 0 Å². The fourth-order valence-corrected chi connectivity index (χ4v) is 3.55. The molecule has 1 fully saturated rings. The highest BCUT2D eigenvalue weighted by atomic mass is 16.5. The molecule has 1 atom stereocenters. The summed E-state index contributed by atoms with van der Waals surface area (Å²) in [4.78, 5) is 11.8. The van der Waals surface area contributed by atoms with Crippen molar-refractivity contribution in [1.82, 2.24) is 0 Å². The summed E-state index contributed by atoms with van der Waals surface area (Å²) in [6.07, 6.45) is 2.94. The Kier molecular flexibility index (Phi) is 3.21. The van der Waals surface area contributed by atoms with Gasteiger partial charge in [-0.3, -0.25) is 4.79 Å². The number of carbonyl (C=O) groups is 1. The van der Waals surface area contributed by atoms with Gasteiger partial charge in [-0.2, -0.15) is 0 Å². The minimum absolute atomic E-state index is 0.0698. The average Bonchev–Trinajstić information content (AvgIpc) is 2.36. The zero-order valence-corrected chi connectivity index (χ0v) is 11.5. The standard InChI is InChI=1S/C16H20O3/c1-3-19-16(17)9-15-11-6-10(7-11)14-8-12(18-2)4-5-13(14)15/h4-5,8,10-11,15H,3,6-7,9H2,1-2H3/t10?,11?,15-/m1/s1. The minimum Gasteiger partial charge on any atom is -0.497 e. The molecule has 1 saturated carbocycles. The van der Waals surface area contributed by atoms with Gasteiger partial charge in [-0.25, -0.2) is 0 Å². The van der Waals surface area contributed by atoms with Crippen molar-refractivity contribution in [2.24, 2.45) is 5.92 Å². The number of hydrogen-bond donors (Lipinski definition) is 0. The van der Waals surface area contributed by atoms with Crippen molar-refractivity contribution in [3.05, 3.63) is 29.3 Å². The van der Waals surface area contributed by atoms with Gasteiger partial charge in [0.2, 0.25) is 0 Å². The third-order valence-corrected chi connectivity index (χ3v) is 4.57. The highest BCUT2D eigenvalue weighted by molar-refractivity contribution is 5.71. The van der Waals surface area contributed by atoms with Crippen LogP contribution in [-0.2, 0) is 9.53 Å². The van der Waals surface area contributed by atoms with E-state index in [0.29, 0.717) is 30.8 Å². The van der Waals surface area contributed by atoms with Crippen molar-refractivity contribution in [1.29, 1.82) is 0 Å². The van der Waals surface area contributed by atoms with Gasteiger partial charge in [-0.05, 0) is 60.8 Å². The summed E-state index contributed by atoms with van der Waals surface area (Å²) in [5, 5.41) is 0. The topological polar surface area (TPSA) is 35.5 Å². The lowest BCUT2D eigenvalue weighted by Gasteiger charge is -2.48. The van der Waals surface area contributed by atoms with Crippen LogP contribution in [0.3, 0.4) is 0 Å². The van der Waals surface area contributed by atoms with E-state index in [4.69, 9.17) is 9.47 Å². The summed E-state index contributed by atoms with van der Waals surface area (Å²) in [5.41, 5.74) is 2.72. The number of hydrogen-bond acceptors (Lipinski definition) is 3. The van der Waals surface area contributed by atoms with Crippen LogP contribution in [-0.4, -0.2) is 19.7 Å². The molecule has 4 rings (SSSR count). The first-order valence-electron chi connectivity index (χ1n) is 7.06. The van der Waals surface area contributed by atoms with Crippen LogP contribution in [0.25, 0.3) is 0 Å². The van der Waals surface area contributed by atoms with Crippen LogP contribution in [0.4, 0.5) is 0 Å². The Morgan fingerprint density at radius 1 is 1.32 bits per heavy atom. The molecule has 102 valence electrons. The van der Waals surface area contributed by atoms with Crippen LogP contribution in [0.5, 0.6) is 5.75 Å². The van der Waals surface area contributed by atoms with Crippen molar-refractivity contribution in [3.63, 3.8) is 0 Å². The van der Waals surface area contributed by atoms with E-state index < -0.39 is 0 Å². The summed E-state index contributed by atoms with van der Waals surface area (Å²) in [7, 11) is 1.70. The summed E-state index contributed by atoms with van der Waals surface area (Å²) < 4.78 is 10.4. The van der Waals surface area contributed by atoms with Crippen molar-refractivity contribution in [2.45, 2.75) is 38.0 Å². The molecule has 2 bridgehead atoms. The normalized spacial score (nSPS) is 27.2. The third-order valence-electron chi connectivity index (χ3n) is 4.57. The number of benzene rings is 1. The smallest absolute Gasteiger partial charge is 0.306 e. The van der Waals surface area contributed by atoms with Crippen molar-refractivity contribution < 1.29 is 14.3 Å². The van der Waals surface area contributed by atoms with E-state index in [9.17, 15) is 4.79 Å². The fourth-order valence-electron chi connectivity index (χ4n) is 3.55. The highest BCUT2D eigenvalue weighted by Gasteiger charge is 2.44. The summed E-state index contributed by atoms with van der Waals surface area (Å²) >= 11 is 0. The second-order valence-corrected chi connectivity index (χ2v) is 5.54. The van der Waals surface area contributed by atoms with Gasteiger partial charge in [0.15, 0.2) is 0 Å². The van der Waals surface area contributed by atoms with Crippen LogP contribution in [0.1, 0.15) is 49.1 Å². The highest BCUT2D eigenvalue weighted by Crippen LogP contribution is 2.57. The van der Waals surface area contributed by atoms with Crippen molar-refractivity contribution in [2.75, 3.05) is 13.7 Å². The van der Waals surface area contributed by atoms with Gasteiger partial charge < -0.3 is 9.47 Å². The van der Waals surface area contributed by atoms with Crippen LogP contribution in [0.2, 0.25) is 0 Å². The van der Waals surface area contributed by atoms with Gasteiger partial charge in [-0.1, -0.05) is 6.07 Å². The predicted octanol–water partition coefficient (Wildman–Crippen LogP) is 3.24. The lowest BCUT2D eigenvalue weighted by molar-refractivity contribution is -0.144. The molecule has 0 N–H and O–H groups in total. The van der Waals surface area contributed by atoms with Crippen molar-refractivity contribution in [3.8, 4) is 5.75 Å². The molecule has 0 spiro atoms. The van der Waals surface area contributed by atoms with Gasteiger partial charge in [0.1, 0.15) is 5.75 Å². The Bertz CT molecular complexity index is 489. The summed E-state index contributed by atoms with van der Waals surface area (Å²) in [6, 6.07) is 6.28. The molecule has 3 aliphatic rings. The fraction of sp³-hybridized carbons (Fsp3) is 0.562. The predicted molar refractivity (Wildman–Crippen MR) is 72.5 cm³/mol. The van der Waals surface area contributed by atoms with E-state index in [-0.39, 0.29) is 5.97 Å². The van der Waals surface area contributed by atoms with Crippen LogP contribution in [0.15, 0.2) is 18.2 Å². The first-order valence-corrected chi connectivity index (χ1v) is 7.06. The largest absolute Gasteiger partial charge is 0.497 e. The number of rotatable bonds is 4. The zero-order chi connectivity index (χ0) is 13.4. The average molecular weight is 260 g/mol. The van der Waals surface area contributed by atoms with Crippen LogP contribution >= 0.6 is 0 Å². The summed E-state index contributed by atoms with van der Waals surface area (Å²) in [6.45, 7) is 2.32. The lowest BCUT2D eigenvalue weighted by Crippen LogP contribution is -2.35. The monoisotopic (exact) mass is 260 g/mol. The molecule has 0 heterocycles. The van der Waals surface area contributed by atoms with Crippen molar-refractivity contribution >= 4 is 5.97 Å². The molecule has 19 heavy (non-hydrogen) atoms. The van der Waals surface area contributed by atoms with E-state index in [1.165, 1.54) is 24.0 Å². The molecule has 0 aliphatic heterocycles. The maximum absolute atomic E-state index is 11.8. The first-order chi connectivity index (χ1) is 9.22. The molecule has 0 amide bonds. The van der Waals surface area contributed by atoms with Crippen LogP contribution in [0, 0.1) is 5.92 Å². The van der Waals surface area contributed by atoms with Crippen LogP contribution < -0.4 is 4.74 Å². The molecular formula is C16H20O3. The van der Waals surface area contributed by atoms with E-state index in [0.717, 1.165) is 5.75 Å². The van der Waals surface area contributed by atoms with Gasteiger partial charge in [0, 0.05) is 0 Å². The molecule has 0 unspecified atom stereocenters. The van der Waals surface area contributed by atoms with E-state index in [1.807, 2.05) is 13.0 Å². The Labute approximate surface area is 113 Å². The number of methoxy groups -OCH3 is 1. The molecule has 0 radical (unpaired) electrons. The molecule has 3 heteroatoms. The Morgan fingerprint density at radius 2 is 2.11 bits per heavy atom. The first kappa shape index (κ1) is 12.5. The van der Waals surface area contributed by atoms with Gasteiger partial charge >= 0.3 is 5.97 Å². The second kappa shape index (κ2) is 4.87. The number of carbonyl (C=O) groups excluding carboxylic acids is 1. The van der Waals surface area contributed by atoms with E-state index in [1.54, 1.807) is 7.11 Å². The van der Waals surface area contributed by atoms with E-state index in [2.05, 4.69) is 12.1 Å². The Hall–Kier alpha value is -1.51. The number of esters is 1. The quantitative estimate of drug-likeness (QED) is 0.780. The molecule has 0 aromatic heterocycles. The maximum atomic E-state index is 11.8. The Balaban J connectivity index is 1.86. The maximum Gasteiger partial charge on any atom is 0.306 e.